The summed E-state index contributed by atoms with van der Waals surface area (Å²) in [6, 6.07) is 0. The lowest BCUT2D eigenvalue weighted by atomic mass is 10.1. The van der Waals surface area contributed by atoms with Crippen LogP contribution in [0.2, 0.25) is 0 Å². The molecule has 0 spiro atoms. The molecule has 0 aromatic carbocycles. The van der Waals surface area contributed by atoms with Crippen LogP contribution in [0.4, 0.5) is 39.5 Å². The highest BCUT2D eigenvalue weighted by Crippen LogP contribution is 2.51. The van der Waals surface area contributed by atoms with Crippen molar-refractivity contribution in [3.05, 3.63) is 0 Å². The first-order valence-corrected chi connectivity index (χ1v) is 15.0. The molecule has 0 saturated carbocycles. The number of carbonyl (C=O) groups is 1. The lowest BCUT2D eigenvalue weighted by Crippen LogP contribution is -2.65. The number of rotatable bonds is 10. The third kappa shape index (κ3) is 6.24. The first-order chi connectivity index (χ1) is 16.1. The second-order valence-electron chi connectivity index (χ2n) is 7.70. The molecule has 1 unspecified atom stereocenters. The molecule has 0 aromatic rings. The van der Waals surface area contributed by atoms with E-state index in [0.717, 1.165) is 0 Å². The summed E-state index contributed by atoms with van der Waals surface area (Å²) >= 11 is 1.74. The number of carbonyl (C=O) groups excluding carboxylic acids is 1. The molecule has 0 bridgehead atoms. The first-order valence-electron chi connectivity index (χ1n) is 9.50. The van der Waals surface area contributed by atoms with Gasteiger partial charge in [-0.05, 0) is 26.2 Å². The van der Waals surface area contributed by atoms with E-state index in [-0.39, 0.29) is 6.42 Å². The average Bonchev–Trinajstić information content (AvgIpc) is 2.71. The molecule has 1 aliphatic rings. The van der Waals surface area contributed by atoms with Gasteiger partial charge in [0.2, 0.25) is 0 Å². The van der Waals surface area contributed by atoms with Crippen molar-refractivity contribution >= 4 is 58.6 Å². The molecule has 1 atom stereocenters. The third-order valence-electron chi connectivity index (χ3n) is 5.02. The second-order valence-corrected chi connectivity index (χ2v) is 15.7. The monoisotopic (exact) mass is 736 g/mol. The van der Waals surface area contributed by atoms with Crippen LogP contribution in [0.1, 0.15) is 33.1 Å². The van der Waals surface area contributed by atoms with Gasteiger partial charge < -0.3 is 4.74 Å². The van der Waals surface area contributed by atoms with Crippen LogP contribution in [0.15, 0.2) is 0 Å². The van der Waals surface area contributed by atoms with Crippen molar-refractivity contribution < 1.29 is 74.3 Å². The molecule has 0 radical (unpaired) electrons. The van der Waals surface area contributed by atoms with Gasteiger partial charge >= 0.3 is 37.9 Å². The molecule has 0 amide bonds. The number of halogens is 10. The van der Waals surface area contributed by atoms with Crippen molar-refractivity contribution in [1.82, 2.24) is 8.43 Å². The Hall–Kier alpha value is -0.660. The summed E-state index contributed by atoms with van der Waals surface area (Å²) in [5.74, 6) is -8.26. The number of piperidine rings is 1. The molecule has 37 heavy (non-hydrogen) atoms. The van der Waals surface area contributed by atoms with E-state index < -0.39 is 102 Å². The Labute approximate surface area is 218 Å². The SMILES string of the molecule is CCC(C)(I)C(=O)OC1CCN(S(=O)(=O)C(F)(F)C(F)(F)C(F)(F)S(=O)(=O)NS(=O)(=O)C(F)(F)F)CC1. The van der Waals surface area contributed by atoms with Gasteiger partial charge in [0.05, 0.1) is 0 Å². The van der Waals surface area contributed by atoms with Crippen LogP contribution >= 0.6 is 22.6 Å². The van der Waals surface area contributed by atoms with Crippen molar-refractivity contribution in [1.29, 1.82) is 0 Å². The number of nitrogens with zero attached hydrogens (tertiary/aromatic N) is 1. The predicted molar refractivity (Wildman–Crippen MR) is 114 cm³/mol. The fourth-order valence-electron chi connectivity index (χ4n) is 2.52. The van der Waals surface area contributed by atoms with Crippen molar-refractivity contribution in [3.8, 4) is 0 Å². The van der Waals surface area contributed by atoms with E-state index in [2.05, 4.69) is 0 Å². The van der Waals surface area contributed by atoms with E-state index in [4.69, 9.17) is 4.74 Å². The number of ether oxygens (including phenoxy) is 1. The standard InChI is InChI=1S/C14H18F9IN2O8S3/c1-3-10(2,24)9(27)34-8-4-6-26(7-5-8)37(32,33)13(19,20)11(15,16)12(17,18)35(28,29)25-36(30,31)14(21,22)23/h8,25H,3-7H2,1-2H3. The van der Waals surface area contributed by atoms with Gasteiger partial charge in [-0.3, -0.25) is 4.79 Å². The number of sulfonamides is 3. The normalized spacial score (nSPS) is 19.9. The quantitative estimate of drug-likeness (QED) is 0.156. The summed E-state index contributed by atoms with van der Waals surface area (Å²) in [5.41, 5.74) is -6.65. The fourth-order valence-corrected chi connectivity index (χ4v) is 6.59. The van der Waals surface area contributed by atoms with Crippen molar-refractivity contribution in [2.24, 2.45) is 0 Å². The predicted octanol–water partition coefficient (Wildman–Crippen LogP) is 2.52. The number of alkyl halides is 10. The lowest BCUT2D eigenvalue weighted by molar-refractivity contribution is -0.245. The van der Waals surface area contributed by atoms with Gasteiger partial charge in [0, 0.05) is 13.1 Å². The number of hydrogen-bond acceptors (Lipinski definition) is 8. The summed E-state index contributed by atoms with van der Waals surface area (Å²) in [5, 5.41) is -14.4. The largest absolute Gasteiger partial charge is 0.512 e. The summed E-state index contributed by atoms with van der Waals surface area (Å²) in [4.78, 5) is 12.1. The maximum Gasteiger partial charge on any atom is 0.512 e. The highest BCUT2D eigenvalue weighted by Gasteiger charge is 2.83. The van der Waals surface area contributed by atoms with Crippen LogP contribution in [-0.4, -0.2) is 80.1 Å². The van der Waals surface area contributed by atoms with E-state index in [9.17, 15) is 69.6 Å². The van der Waals surface area contributed by atoms with Gasteiger partial charge in [0.1, 0.15) is 9.53 Å². The molecule has 1 fully saturated rings. The Morgan fingerprint density at radius 2 is 1.32 bits per heavy atom. The zero-order chi connectivity index (χ0) is 29.7. The molecule has 1 N–H and O–H groups in total. The summed E-state index contributed by atoms with van der Waals surface area (Å²) < 4.78 is 193. The molecule has 1 heterocycles. The minimum atomic E-state index is -7.83. The van der Waals surface area contributed by atoms with Gasteiger partial charge in [0.15, 0.2) is 0 Å². The van der Waals surface area contributed by atoms with Crippen LogP contribution in [0, 0.1) is 0 Å². The van der Waals surface area contributed by atoms with Gasteiger partial charge in [-0.1, -0.05) is 33.6 Å². The zero-order valence-corrected chi connectivity index (χ0v) is 22.9. The molecule has 10 nitrogen and oxygen atoms in total. The van der Waals surface area contributed by atoms with Crippen molar-refractivity contribution in [3.63, 3.8) is 0 Å². The Balaban J connectivity index is 3.24. The fraction of sp³-hybridized carbons (Fsp3) is 0.929. The van der Waals surface area contributed by atoms with Crippen LogP contribution < -0.4 is 4.13 Å². The molecule has 0 aromatic heterocycles. The Kier molecular flexibility index (Phi) is 9.65. The first kappa shape index (κ1) is 34.4. The third-order valence-corrected chi connectivity index (χ3v) is 11.5. The van der Waals surface area contributed by atoms with Crippen LogP contribution in [0.3, 0.4) is 0 Å². The van der Waals surface area contributed by atoms with Crippen LogP contribution in [-0.2, 0) is 39.6 Å². The minimum absolute atomic E-state index is 0.289. The summed E-state index contributed by atoms with van der Waals surface area (Å²) in [6.45, 7) is 0.917. The Morgan fingerprint density at radius 1 is 0.892 bits per heavy atom. The summed E-state index contributed by atoms with van der Waals surface area (Å²) in [7, 11) is -22.0. The molecular formula is C14H18F9IN2O8S3. The minimum Gasteiger partial charge on any atom is -0.461 e. The topological polar surface area (TPSA) is 144 Å². The van der Waals surface area contributed by atoms with E-state index >= 15 is 0 Å². The number of nitrogens with one attached hydrogen (secondary N) is 1. The maximum atomic E-state index is 14.4. The van der Waals surface area contributed by atoms with Gasteiger partial charge in [0.25, 0.3) is 20.0 Å². The Morgan fingerprint density at radius 3 is 1.70 bits per heavy atom. The number of esters is 1. The van der Waals surface area contributed by atoms with Gasteiger partial charge in [-0.15, -0.1) is 0 Å². The molecule has 220 valence electrons. The molecule has 1 rings (SSSR count). The van der Waals surface area contributed by atoms with Gasteiger partial charge in [-0.25, -0.2) is 25.3 Å². The van der Waals surface area contributed by atoms with E-state index in [0.29, 0.717) is 0 Å². The molecule has 0 aliphatic carbocycles. The van der Waals surface area contributed by atoms with E-state index in [1.807, 2.05) is 0 Å². The van der Waals surface area contributed by atoms with E-state index in [1.54, 1.807) is 29.5 Å². The highest BCUT2D eigenvalue weighted by atomic mass is 127. The van der Waals surface area contributed by atoms with Crippen LogP contribution in [0.5, 0.6) is 0 Å². The van der Waals surface area contributed by atoms with Gasteiger partial charge in [-0.2, -0.15) is 43.8 Å². The lowest BCUT2D eigenvalue weighted by Gasteiger charge is -2.37. The second kappa shape index (κ2) is 10.4. The summed E-state index contributed by atoms with van der Waals surface area (Å²) in [6.07, 6.45) is -1.93. The van der Waals surface area contributed by atoms with E-state index in [1.165, 1.54) is 6.92 Å². The average molecular weight is 736 g/mol. The smallest absolute Gasteiger partial charge is 0.461 e. The number of hydrogen-bond donors (Lipinski definition) is 1. The van der Waals surface area contributed by atoms with Crippen molar-refractivity contribution in [2.45, 2.75) is 64.6 Å². The highest BCUT2D eigenvalue weighted by molar-refractivity contribution is 14.1. The molecule has 23 heteroatoms. The van der Waals surface area contributed by atoms with Crippen molar-refractivity contribution in [2.75, 3.05) is 13.1 Å². The zero-order valence-electron chi connectivity index (χ0n) is 18.3. The van der Waals surface area contributed by atoms with Crippen LogP contribution in [0.25, 0.3) is 0 Å². The Bertz CT molecular complexity index is 1200. The maximum absolute atomic E-state index is 14.4. The molecule has 1 saturated heterocycles. The molecular weight excluding hydrogens is 718 g/mol. The molecule has 1 aliphatic heterocycles.